The van der Waals surface area contributed by atoms with Crippen molar-refractivity contribution in [3.8, 4) is 0 Å². The average Bonchev–Trinajstić information content (AvgIpc) is 2.70. The highest BCUT2D eigenvalue weighted by molar-refractivity contribution is 7.89. The van der Waals surface area contributed by atoms with Crippen LogP contribution in [0.15, 0.2) is 11.1 Å². The lowest BCUT2D eigenvalue weighted by atomic mass is 9.83. The van der Waals surface area contributed by atoms with E-state index in [9.17, 15) is 8.42 Å². The molecule has 0 aliphatic heterocycles. The summed E-state index contributed by atoms with van der Waals surface area (Å²) in [7, 11) is -1.80. The van der Waals surface area contributed by atoms with Crippen LogP contribution in [-0.4, -0.2) is 30.3 Å². The summed E-state index contributed by atoms with van der Waals surface area (Å²) >= 11 is 0. The minimum absolute atomic E-state index is 0.231. The molecule has 7 heteroatoms. The summed E-state index contributed by atoms with van der Waals surface area (Å²) in [6, 6.07) is 0. The van der Waals surface area contributed by atoms with Crippen molar-refractivity contribution in [2.45, 2.75) is 49.5 Å². The molecule has 1 aliphatic carbocycles. The molecule has 1 fully saturated rings. The Morgan fingerprint density at radius 3 is 2.58 bits per heavy atom. The number of rotatable bonds is 4. The van der Waals surface area contributed by atoms with Gasteiger partial charge in [0.05, 0.1) is 11.9 Å². The molecule has 1 saturated carbocycles. The van der Waals surface area contributed by atoms with E-state index in [1.165, 1.54) is 12.6 Å². The zero-order chi connectivity index (χ0) is 14.1. The second-order valence-corrected chi connectivity index (χ2v) is 7.20. The van der Waals surface area contributed by atoms with E-state index in [1.807, 2.05) is 0 Å². The Balaban J connectivity index is 2.08. The van der Waals surface area contributed by atoms with E-state index in [0.29, 0.717) is 12.2 Å². The number of hydrogen-bond donors (Lipinski definition) is 2. The largest absolute Gasteiger partial charge is 0.324 e. The van der Waals surface area contributed by atoms with Crippen molar-refractivity contribution >= 4 is 10.0 Å². The summed E-state index contributed by atoms with van der Waals surface area (Å²) in [5.41, 5.74) is 6.47. The van der Waals surface area contributed by atoms with Crippen LogP contribution in [0.1, 0.15) is 37.8 Å². The Labute approximate surface area is 114 Å². The minimum atomic E-state index is -3.52. The number of aryl methyl sites for hydroxylation is 1. The van der Waals surface area contributed by atoms with E-state index >= 15 is 0 Å². The molecule has 0 spiro atoms. The van der Waals surface area contributed by atoms with E-state index < -0.39 is 15.6 Å². The van der Waals surface area contributed by atoms with E-state index in [0.717, 1.165) is 25.7 Å². The lowest BCUT2D eigenvalue weighted by molar-refractivity contribution is 0.296. The van der Waals surface area contributed by atoms with Crippen LogP contribution in [0.4, 0.5) is 0 Å². The Morgan fingerprint density at radius 1 is 1.42 bits per heavy atom. The summed E-state index contributed by atoms with van der Waals surface area (Å²) in [6.45, 7) is 2.03. The van der Waals surface area contributed by atoms with Gasteiger partial charge in [-0.05, 0) is 19.8 Å². The first-order valence-electron chi connectivity index (χ1n) is 6.61. The molecule has 0 radical (unpaired) electrons. The van der Waals surface area contributed by atoms with Crippen molar-refractivity contribution in [3.05, 3.63) is 11.9 Å². The molecule has 1 aromatic rings. The molecule has 2 rings (SSSR count). The molecule has 1 aliphatic rings. The van der Waals surface area contributed by atoms with Crippen molar-refractivity contribution in [2.24, 2.45) is 12.8 Å². The van der Waals surface area contributed by atoms with Gasteiger partial charge in [0, 0.05) is 19.1 Å². The van der Waals surface area contributed by atoms with Gasteiger partial charge in [0.15, 0.2) is 0 Å². The molecule has 0 bridgehead atoms. The molecule has 1 heterocycles. The first-order chi connectivity index (χ1) is 8.84. The van der Waals surface area contributed by atoms with Crippen LogP contribution in [0, 0.1) is 6.92 Å². The number of hydrogen-bond acceptors (Lipinski definition) is 4. The average molecular weight is 286 g/mol. The third-order valence-electron chi connectivity index (χ3n) is 3.94. The highest BCUT2D eigenvalue weighted by Crippen LogP contribution is 2.25. The lowest BCUT2D eigenvalue weighted by Crippen LogP contribution is -2.51. The quantitative estimate of drug-likeness (QED) is 0.851. The van der Waals surface area contributed by atoms with Gasteiger partial charge in [-0.3, -0.25) is 4.68 Å². The topological polar surface area (TPSA) is 90.0 Å². The maximum atomic E-state index is 12.2. The molecule has 19 heavy (non-hydrogen) atoms. The number of aromatic nitrogens is 2. The van der Waals surface area contributed by atoms with Crippen molar-refractivity contribution in [2.75, 3.05) is 6.54 Å². The molecule has 0 amide bonds. The van der Waals surface area contributed by atoms with Gasteiger partial charge in [0.1, 0.15) is 4.90 Å². The predicted octanol–water partition coefficient (Wildman–Crippen LogP) is 0.668. The van der Waals surface area contributed by atoms with Crippen LogP contribution in [0.5, 0.6) is 0 Å². The Hall–Kier alpha value is -0.920. The van der Waals surface area contributed by atoms with Crippen LogP contribution < -0.4 is 10.5 Å². The van der Waals surface area contributed by atoms with Gasteiger partial charge in [-0.1, -0.05) is 19.3 Å². The lowest BCUT2D eigenvalue weighted by Gasteiger charge is -2.33. The molecule has 6 nitrogen and oxygen atoms in total. The van der Waals surface area contributed by atoms with E-state index in [-0.39, 0.29) is 4.90 Å². The third-order valence-corrected chi connectivity index (χ3v) is 5.45. The molecule has 0 unspecified atom stereocenters. The highest BCUT2D eigenvalue weighted by Gasteiger charge is 2.30. The fourth-order valence-corrected chi connectivity index (χ4v) is 3.83. The Kier molecular flexibility index (Phi) is 3.98. The summed E-state index contributed by atoms with van der Waals surface area (Å²) in [5, 5.41) is 3.96. The molecule has 0 atom stereocenters. The molecular formula is C12H22N4O2S. The van der Waals surface area contributed by atoms with Crippen molar-refractivity contribution in [1.29, 1.82) is 0 Å². The first-order valence-corrected chi connectivity index (χ1v) is 8.10. The molecule has 1 aromatic heterocycles. The van der Waals surface area contributed by atoms with Gasteiger partial charge >= 0.3 is 0 Å². The Bertz CT molecular complexity index is 544. The maximum absolute atomic E-state index is 12.2. The fourth-order valence-electron chi connectivity index (χ4n) is 2.49. The summed E-state index contributed by atoms with van der Waals surface area (Å²) in [6.07, 6.45) is 6.46. The van der Waals surface area contributed by atoms with E-state index in [1.54, 1.807) is 18.7 Å². The van der Waals surface area contributed by atoms with Crippen LogP contribution in [0.2, 0.25) is 0 Å². The number of nitrogens with one attached hydrogen (secondary N) is 1. The van der Waals surface area contributed by atoms with Gasteiger partial charge in [-0.15, -0.1) is 0 Å². The maximum Gasteiger partial charge on any atom is 0.244 e. The van der Waals surface area contributed by atoms with E-state index in [4.69, 9.17) is 5.73 Å². The monoisotopic (exact) mass is 286 g/mol. The zero-order valence-electron chi connectivity index (χ0n) is 11.5. The van der Waals surface area contributed by atoms with Crippen LogP contribution in [0.3, 0.4) is 0 Å². The van der Waals surface area contributed by atoms with E-state index in [2.05, 4.69) is 9.82 Å². The molecular weight excluding hydrogens is 264 g/mol. The SMILES string of the molecule is Cc1c(S(=O)(=O)NCC2(N)CCCCC2)cnn1C. The smallest absolute Gasteiger partial charge is 0.244 e. The standard InChI is InChI=1S/C12H22N4O2S/c1-10-11(8-14-16(10)2)19(17,18)15-9-12(13)6-4-3-5-7-12/h8,15H,3-7,9,13H2,1-2H3. The number of nitrogens with two attached hydrogens (primary N) is 1. The minimum Gasteiger partial charge on any atom is -0.324 e. The summed E-state index contributed by atoms with van der Waals surface area (Å²) in [5.74, 6) is 0. The Morgan fingerprint density at radius 2 is 2.05 bits per heavy atom. The second-order valence-electron chi connectivity index (χ2n) is 5.47. The van der Waals surface area contributed by atoms with Crippen LogP contribution in [0.25, 0.3) is 0 Å². The van der Waals surface area contributed by atoms with Crippen LogP contribution >= 0.6 is 0 Å². The van der Waals surface area contributed by atoms with Gasteiger partial charge in [-0.25, -0.2) is 13.1 Å². The fraction of sp³-hybridized carbons (Fsp3) is 0.750. The van der Waals surface area contributed by atoms with Crippen molar-refractivity contribution in [1.82, 2.24) is 14.5 Å². The third kappa shape index (κ3) is 3.16. The predicted molar refractivity (Wildman–Crippen MR) is 73.1 cm³/mol. The van der Waals surface area contributed by atoms with Gasteiger partial charge < -0.3 is 5.73 Å². The number of sulfonamides is 1. The number of nitrogens with zero attached hydrogens (tertiary/aromatic N) is 2. The van der Waals surface area contributed by atoms with Gasteiger partial charge in [0.2, 0.25) is 10.0 Å². The zero-order valence-corrected chi connectivity index (χ0v) is 12.3. The first kappa shape index (κ1) is 14.5. The second kappa shape index (κ2) is 5.22. The molecule has 0 aromatic carbocycles. The molecule has 3 N–H and O–H groups in total. The van der Waals surface area contributed by atoms with Crippen molar-refractivity contribution < 1.29 is 8.42 Å². The summed E-state index contributed by atoms with van der Waals surface area (Å²) in [4.78, 5) is 0.231. The summed E-state index contributed by atoms with van der Waals surface area (Å²) < 4.78 is 28.6. The van der Waals surface area contributed by atoms with Gasteiger partial charge in [-0.2, -0.15) is 5.10 Å². The van der Waals surface area contributed by atoms with Crippen molar-refractivity contribution in [3.63, 3.8) is 0 Å². The highest BCUT2D eigenvalue weighted by atomic mass is 32.2. The van der Waals surface area contributed by atoms with Gasteiger partial charge in [0.25, 0.3) is 0 Å². The normalized spacial score (nSPS) is 19.5. The molecule has 108 valence electrons. The molecule has 0 saturated heterocycles. The van der Waals surface area contributed by atoms with Crippen LogP contribution in [-0.2, 0) is 17.1 Å².